The van der Waals surface area contributed by atoms with Crippen LogP contribution in [0.5, 0.6) is 0 Å². The highest BCUT2D eigenvalue weighted by Gasteiger charge is 2.48. The molecule has 9 heteroatoms. The number of fused-ring (bicyclic) bond motifs is 1. The van der Waals surface area contributed by atoms with Crippen molar-refractivity contribution < 1.29 is 19.2 Å². The first-order chi connectivity index (χ1) is 16.5. The van der Waals surface area contributed by atoms with Crippen LogP contribution < -0.4 is 21.7 Å². The average Bonchev–Trinajstić information content (AvgIpc) is 3.15. The van der Waals surface area contributed by atoms with Crippen molar-refractivity contribution in [2.24, 2.45) is 28.9 Å². The van der Waals surface area contributed by atoms with Gasteiger partial charge in [-0.2, -0.15) is 0 Å². The summed E-state index contributed by atoms with van der Waals surface area (Å²) in [6.07, 6.45) is 3.08. The maximum Gasteiger partial charge on any atom is 0.315 e. The molecule has 0 bridgehead atoms. The Labute approximate surface area is 215 Å². The Balaban J connectivity index is 1.82. The van der Waals surface area contributed by atoms with Gasteiger partial charge in [-0.15, -0.1) is 0 Å². The Morgan fingerprint density at radius 2 is 1.69 bits per heavy atom. The number of amides is 4. The van der Waals surface area contributed by atoms with Gasteiger partial charge in [0.15, 0.2) is 0 Å². The van der Waals surface area contributed by atoms with Crippen molar-refractivity contribution in [3.63, 3.8) is 0 Å². The molecule has 1 unspecified atom stereocenters. The Kier molecular flexibility index (Phi) is 7.82. The summed E-state index contributed by atoms with van der Waals surface area (Å²) in [5, 5.41) is 8.66. The molecule has 36 heavy (non-hydrogen) atoms. The second-order valence-electron chi connectivity index (χ2n) is 13.2. The number of hydrogen-bond acceptors (Lipinski definition) is 5. The van der Waals surface area contributed by atoms with E-state index in [1.165, 1.54) is 0 Å². The smallest absolute Gasteiger partial charge is 0.315 e. The SMILES string of the molecule is CC(C)[C@H]1CCN(C(=O)[C@@H](NC(=O)NC(C)(C)C)C(C)(C)C)[C@@H]1C(=O)N[C@H]1CC2CCC2=C(N)C1=O. The van der Waals surface area contributed by atoms with E-state index in [2.05, 4.69) is 16.0 Å². The summed E-state index contributed by atoms with van der Waals surface area (Å²) in [4.78, 5) is 54.7. The lowest BCUT2D eigenvalue weighted by molar-refractivity contribution is -0.143. The summed E-state index contributed by atoms with van der Waals surface area (Å²) in [7, 11) is 0. The first-order valence-corrected chi connectivity index (χ1v) is 13.2. The van der Waals surface area contributed by atoms with Crippen LogP contribution in [0.15, 0.2) is 11.3 Å². The number of nitrogens with one attached hydrogen (secondary N) is 3. The maximum absolute atomic E-state index is 13.9. The van der Waals surface area contributed by atoms with Gasteiger partial charge < -0.3 is 26.6 Å². The van der Waals surface area contributed by atoms with E-state index in [0.29, 0.717) is 25.1 Å². The van der Waals surface area contributed by atoms with E-state index >= 15 is 0 Å². The summed E-state index contributed by atoms with van der Waals surface area (Å²) in [6.45, 7) is 15.8. The predicted octanol–water partition coefficient (Wildman–Crippen LogP) is 2.45. The Bertz CT molecular complexity index is 943. The minimum Gasteiger partial charge on any atom is -0.396 e. The Hall–Kier alpha value is -2.58. The van der Waals surface area contributed by atoms with E-state index in [-0.39, 0.29) is 35.4 Å². The number of carbonyl (C=O) groups is 4. The van der Waals surface area contributed by atoms with Crippen molar-refractivity contribution in [3.05, 3.63) is 11.3 Å². The van der Waals surface area contributed by atoms with Crippen LogP contribution in [0.3, 0.4) is 0 Å². The second kappa shape index (κ2) is 10.1. The lowest BCUT2D eigenvalue weighted by Crippen LogP contribution is -2.62. The summed E-state index contributed by atoms with van der Waals surface area (Å²) >= 11 is 0. The Morgan fingerprint density at radius 1 is 1.06 bits per heavy atom. The molecule has 0 aromatic rings. The number of nitrogens with zero attached hydrogens (tertiary/aromatic N) is 1. The van der Waals surface area contributed by atoms with Crippen molar-refractivity contribution in [2.75, 3.05) is 6.54 Å². The quantitative estimate of drug-likeness (QED) is 0.457. The summed E-state index contributed by atoms with van der Waals surface area (Å²) in [5.41, 5.74) is 6.36. The number of Topliss-reactive ketones (excluding diaryl/α,β-unsaturated/α-hetero) is 1. The van der Waals surface area contributed by atoms with Gasteiger partial charge in [-0.3, -0.25) is 14.4 Å². The number of carbonyl (C=O) groups excluding carboxylic acids is 4. The van der Waals surface area contributed by atoms with Crippen LogP contribution in [-0.2, 0) is 14.4 Å². The molecule has 0 spiro atoms. The maximum atomic E-state index is 13.9. The van der Waals surface area contributed by atoms with Crippen molar-refractivity contribution in [3.8, 4) is 0 Å². The highest BCUT2D eigenvalue weighted by molar-refractivity contribution is 6.03. The number of ketones is 1. The molecule has 1 saturated heterocycles. The fourth-order valence-corrected chi connectivity index (χ4v) is 5.65. The molecule has 1 saturated carbocycles. The van der Waals surface area contributed by atoms with Gasteiger partial charge in [0.25, 0.3) is 0 Å². The van der Waals surface area contributed by atoms with Crippen LogP contribution in [0.25, 0.3) is 0 Å². The third kappa shape index (κ3) is 5.86. The van der Waals surface area contributed by atoms with Crippen LogP contribution in [0.4, 0.5) is 4.79 Å². The third-order valence-corrected chi connectivity index (χ3v) is 7.75. The molecule has 9 nitrogen and oxygen atoms in total. The van der Waals surface area contributed by atoms with Gasteiger partial charge >= 0.3 is 6.03 Å². The molecule has 5 atom stereocenters. The largest absolute Gasteiger partial charge is 0.396 e. The topological polar surface area (TPSA) is 134 Å². The number of nitrogens with two attached hydrogens (primary N) is 1. The molecule has 2 aliphatic carbocycles. The van der Waals surface area contributed by atoms with Gasteiger partial charge in [0.1, 0.15) is 12.1 Å². The number of allylic oxidation sites excluding steroid dienone is 1. The highest BCUT2D eigenvalue weighted by atomic mass is 16.2. The van der Waals surface area contributed by atoms with Gasteiger partial charge in [0.05, 0.1) is 11.7 Å². The van der Waals surface area contributed by atoms with Crippen molar-refractivity contribution >= 4 is 23.6 Å². The third-order valence-electron chi connectivity index (χ3n) is 7.75. The molecular formula is C27H45N5O4. The summed E-state index contributed by atoms with van der Waals surface area (Å²) in [5.74, 6) is -0.464. The molecule has 202 valence electrons. The zero-order valence-corrected chi connectivity index (χ0v) is 23.2. The molecule has 0 aromatic carbocycles. The number of hydrogen-bond donors (Lipinski definition) is 4. The van der Waals surface area contributed by atoms with E-state index < -0.39 is 35.1 Å². The number of urea groups is 1. The van der Waals surface area contributed by atoms with Crippen LogP contribution in [-0.4, -0.2) is 58.7 Å². The molecule has 1 aliphatic heterocycles. The fraction of sp³-hybridized carbons (Fsp3) is 0.778. The van der Waals surface area contributed by atoms with Gasteiger partial charge in [-0.05, 0) is 75.2 Å². The lowest BCUT2D eigenvalue weighted by Gasteiger charge is -2.40. The van der Waals surface area contributed by atoms with Gasteiger partial charge in [0.2, 0.25) is 17.6 Å². The Morgan fingerprint density at radius 3 is 2.19 bits per heavy atom. The first kappa shape index (κ1) is 28.0. The molecule has 5 N–H and O–H groups in total. The molecule has 0 aromatic heterocycles. The lowest BCUT2D eigenvalue weighted by atomic mass is 9.69. The zero-order valence-electron chi connectivity index (χ0n) is 23.2. The van der Waals surface area contributed by atoms with Gasteiger partial charge in [0, 0.05) is 12.1 Å². The summed E-state index contributed by atoms with van der Waals surface area (Å²) < 4.78 is 0. The normalized spacial score (nSPS) is 27.4. The molecule has 3 aliphatic rings. The molecule has 0 radical (unpaired) electrons. The standard InChI is InChI=1S/C27H45N5O4/c1-14(2)16-11-12-32(24(35)22(26(3,4)5)30-25(36)31-27(6,7)8)20(16)23(34)29-18-13-15-9-10-17(15)19(28)21(18)33/h14-16,18,20,22H,9-13,28H2,1-8H3,(H,29,34)(H2,30,31,36)/t15?,16-,18+,20+,22-/m1/s1. The molecular weight excluding hydrogens is 458 g/mol. The van der Waals surface area contributed by atoms with Gasteiger partial charge in [-0.1, -0.05) is 34.6 Å². The van der Waals surface area contributed by atoms with E-state index in [9.17, 15) is 19.2 Å². The summed E-state index contributed by atoms with van der Waals surface area (Å²) in [6, 6.07) is -2.63. The van der Waals surface area contributed by atoms with Crippen LogP contribution in [0, 0.1) is 23.2 Å². The fourth-order valence-electron chi connectivity index (χ4n) is 5.65. The minimum absolute atomic E-state index is 0.0520. The van der Waals surface area contributed by atoms with Gasteiger partial charge in [-0.25, -0.2) is 4.79 Å². The first-order valence-electron chi connectivity index (χ1n) is 13.2. The van der Waals surface area contributed by atoms with Crippen LogP contribution in [0.1, 0.15) is 81.1 Å². The molecule has 1 heterocycles. The van der Waals surface area contributed by atoms with E-state index in [0.717, 1.165) is 18.4 Å². The van der Waals surface area contributed by atoms with Crippen molar-refractivity contribution in [2.45, 2.75) is 105 Å². The zero-order chi connectivity index (χ0) is 27.2. The molecule has 2 fully saturated rings. The van der Waals surface area contributed by atoms with Crippen molar-refractivity contribution in [1.29, 1.82) is 0 Å². The molecule has 4 amide bonds. The molecule has 3 rings (SSSR count). The van der Waals surface area contributed by atoms with E-state index in [1.807, 2.05) is 55.4 Å². The average molecular weight is 504 g/mol. The van der Waals surface area contributed by atoms with Crippen LogP contribution >= 0.6 is 0 Å². The predicted molar refractivity (Wildman–Crippen MR) is 139 cm³/mol. The number of likely N-dealkylation sites (tertiary alicyclic amines) is 1. The van der Waals surface area contributed by atoms with E-state index in [4.69, 9.17) is 5.73 Å². The number of rotatable bonds is 5. The monoisotopic (exact) mass is 503 g/mol. The second-order valence-corrected chi connectivity index (χ2v) is 13.2. The minimum atomic E-state index is -0.825. The van der Waals surface area contributed by atoms with E-state index in [1.54, 1.807) is 4.90 Å². The van der Waals surface area contributed by atoms with Crippen molar-refractivity contribution in [1.82, 2.24) is 20.9 Å². The van der Waals surface area contributed by atoms with Crippen LogP contribution in [0.2, 0.25) is 0 Å². The highest BCUT2D eigenvalue weighted by Crippen LogP contribution is 2.42.